The molecule has 0 aliphatic carbocycles. The topological polar surface area (TPSA) is 66.9 Å². The van der Waals surface area contributed by atoms with Gasteiger partial charge in [-0.15, -0.1) is 0 Å². The third-order valence-electron chi connectivity index (χ3n) is 4.46. The molecular formula is C17H20N2O4. The van der Waals surface area contributed by atoms with Gasteiger partial charge < -0.3 is 9.64 Å². The molecule has 0 atom stereocenters. The Morgan fingerprint density at radius 1 is 1.13 bits per heavy atom. The minimum Gasteiger partial charge on any atom is -0.497 e. The van der Waals surface area contributed by atoms with Crippen LogP contribution in [-0.2, 0) is 20.8 Å². The fraction of sp³-hybridized carbons (Fsp3) is 0.471. The second kappa shape index (κ2) is 6.40. The first-order valence-electron chi connectivity index (χ1n) is 7.84. The first kappa shape index (κ1) is 15.5. The predicted molar refractivity (Wildman–Crippen MR) is 82.8 cm³/mol. The Bertz CT molecular complexity index is 604. The maximum atomic E-state index is 12.2. The summed E-state index contributed by atoms with van der Waals surface area (Å²) in [7, 11) is 1.62. The van der Waals surface area contributed by atoms with Crippen LogP contribution in [0.25, 0.3) is 0 Å². The average molecular weight is 316 g/mol. The molecular weight excluding hydrogens is 296 g/mol. The van der Waals surface area contributed by atoms with E-state index in [4.69, 9.17) is 4.74 Å². The van der Waals surface area contributed by atoms with Gasteiger partial charge in [0.2, 0.25) is 17.7 Å². The summed E-state index contributed by atoms with van der Waals surface area (Å²) in [5, 5.41) is 0. The number of ether oxygens (including phenoxy) is 1. The SMILES string of the molecule is COc1ccc(CCC(=O)N2CC(N3C(=O)CCC3=O)C2)cc1. The summed E-state index contributed by atoms with van der Waals surface area (Å²) < 4.78 is 5.10. The zero-order chi connectivity index (χ0) is 16.4. The fourth-order valence-corrected chi connectivity index (χ4v) is 3.02. The molecule has 2 heterocycles. The van der Waals surface area contributed by atoms with Crippen molar-refractivity contribution in [3.63, 3.8) is 0 Å². The Morgan fingerprint density at radius 3 is 2.30 bits per heavy atom. The van der Waals surface area contributed by atoms with Crippen LogP contribution in [0.2, 0.25) is 0 Å². The fourth-order valence-electron chi connectivity index (χ4n) is 3.02. The largest absolute Gasteiger partial charge is 0.497 e. The molecule has 6 nitrogen and oxygen atoms in total. The lowest BCUT2D eigenvalue weighted by Crippen LogP contribution is -2.62. The summed E-state index contributed by atoms with van der Waals surface area (Å²) in [6.45, 7) is 0.942. The quantitative estimate of drug-likeness (QED) is 0.760. The van der Waals surface area contributed by atoms with Gasteiger partial charge in [-0.25, -0.2) is 0 Å². The number of hydrogen-bond acceptors (Lipinski definition) is 4. The highest BCUT2D eigenvalue weighted by Gasteiger charge is 2.42. The van der Waals surface area contributed by atoms with Crippen molar-refractivity contribution in [2.24, 2.45) is 0 Å². The summed E-state index contributed by atoms with van der Waals surface area (Å²) in [6.07, 6.45) is 1.72. The van der Waals surface area contributed by atoms with E-state index in [2.05, 4.69) is 0 Å². The smallest absolute Gasteiger partial charge is 0.230 e. The molecule has 1 aromatic rings. The van der Waals surface area contributed by atoms with E-state index >= 15 is 0 Å². The molecule has 2 aliphatic rings. The van der Waals surface area contributed by atoms with Crippen molar-refractivity contribution in [1.82, 2.24) is 9.80 Å². The highest BCUT2D eigenvalue weighted by atomic mass is 16.5. The summed E-state index contributed by atoms with van der Waals surface area (Å²) in [6, 6.07) is 7.54. The summed E-state index contributed by atoms with van der Waals surface area (Å²) in [5.74, 6) is 0.650. The van der Waals surface area contributed by atoms with Gasteiger partial charge in [0.05, 0.1) is 13.2 Å². The zero-order valence-corrected chi connectivity index (χ0v) is 13.2. The maximum Gasteiger partial charge on any atom is 0.230 e. The van der Waals surface area contributed by atoms with Crippen LogP contribution in [0.5, 0.6) is 5.75 Å². The lowest BCUT2D eigenvalue weighted by atomic mass is 10.0. The van der Waals surface area contributed by atoms with Gasteiger partial charge in [0, 0.05) is 32.4 Å². The summed E-state index contributed by atoms with van der Waals surface area (Å²) in [5.41, 5.74) is 1.08. The van der Waals surface area contributed by atoms with Crippen molar-refractivity contribution in [3.05, 3.63) is 29.8 Å². The van der Waals surface area contributed by atoms with Crippen LogP contribution in [0.4, 0.5) is 0 Å². The molecule has 0 radical (unpaired) electrons. The maximum absolute atomic E-state index is 12.2. The summed E-state index contributed by atoms with van der Waals surface area (Å²) >= 11 is 0. The first-order chi connectivity index (χ1) is 11.1. The van der Waals surface area contributed by atoms with Crippen LogP contribution in [0.3, 0.4) is 0 Å². The highest BCUT2D eigenvalue weighted by molar-refractivity contribution is 6.02. The predicted octanol–water partition coefficient (Wildman–Crippen LogP) is 0.988. The Kier molecular flexibility index (Phi) is 4.32. The van der Waals surface area contributed by atoms with E-state index in [-0.39, 0.29) is 23.8 Å². The van der Waals surface area contributed by atoms with Gasteiger partial charge in [-0.05, 0) is 24.1 Å². The minimum absolute atomic E-state index is 0.0659. The number of carbonyl (C=O) groups is 3. The van der Waals surface area contributed by atoms with Crippen molar-refractivity contribution in [2.75, 3.05) is 20.2 Å². The molecule has 0 N–H and O–H groups in total. The number of nitrogens with zero attached hydrogens (tertiary/aromatic N) is 2. The monoisotopic (exact) mass is 316 g/mol. The van der Waals surface area contributed by atoms with Gasteiger partial charge in [0.25, 0.3) is 0 Å². The van der Waals surface area contributed by atoms with Gasteiger partial charge in [-0.2, -0.15) is 0 Å². The summed E-state index contributed by atoms with van der Waals surface area (Å²) in [4.78, 5) is 38.5. The Labute approximate surface area is 135 Å². The number of carbonyl (C=O) groups excluding carboxylic acids is 3. The highest BCUT2D eigenvalue weighted by Crippen LogP contribution is 2.23. The van der Waals surface area contributed by atoms with Crippen LogP contribution in [0.1, 0.15) is 24.8 Å². The molecule has 3 rings (SSSR count). The van der Waals surface area contributed by atoms with Crippen LogP contribution >= 0.6 is 0 Å². The van der Waals surface area contributed by atoms with E-state index < -0.39 is 0 Å². The zero-order valence-electron chi connectivity index (χ0n) is 13.2. The lowest BCUT2D eigenvalue weighted by Gasteiger charge is -2.43. The molecule has 0 aromatic heterocycles. The number of imide groups is 1. The third kappa shape index (κ3) is 3.21. The molecule has 0 bridgehead atoms. The molecule has 0 spiro atoms. The van der Waals surface area contributed by atoms with Crippen LogP contribution in [0.15, 0.2) is 24.3 Å². The Hall–Kier alpha value is -2.37. The van der Waals surface area contributed by atoms with Crippen molar-refractivity contribution in [2.45, 2.75) is 31.7 Å². The standard InChI is InChI=1S/C17H20N2O4/c1-23-14-5-2-12(3-6-14)4-7-15(20)18-10-13(11-18)19-16(21)8-9-17(19)22/h2-3,5-6,13H,4,7-11H2,1H3. The Morgan fingerprint density at radius 2 is 1.74 bits per heavy atom. The van der Waals surface area contributed by atoms with Crippen molar-refractivity contribution >= 4 is 17.7 Å². The third-order valence-corrected chi connectivity index (χ3v) is 4.46. The van der Waals surface area contributed by atoms with E-state index in [1.165, 1.54) is 4.90 Å². The minimum atomic E-state index is -0.123. The second-order valence-corrected chi connectivity index (χ2v) is 5.96. The van der Waals surface area contributed by atoms with E-state index in [1.807, 2.05) is 24.3 Å². The van der Waals surface area contributed by atoms with E-state index in [1.54, 1.807) is 12.0 Å². The van der Waals surface area contributed by atoms with Gasteiger partial charge >= 0.3 is 0 Å². The molecule has 0 saturated carbocycles. The van der Waals surface area contributed by atoms with E-state index in [9.17, 15) is 14.4 Å². The molecule has 2 saturated heterocycles. The van der Waals surface area contributed by atoms with Crippen LogP contribution < -0.4 is 4.74 Å². The molecule has 122 valence electrons. The van der Waals surface area contributed by atoms with Gasteiger partial charge in [0.15, 0.2) is 0 Å². The van der Waals surface area contributed by atoms with Crippen molar-refractivity contribution in [3.8, 4) is 5.75 Å². The molecule has 2 fully saturated rings. The molecule has 6 heteroatoms. The number of methoxy groups -OCH3 is 1. The number of rotatable bonds is 5. The van der Waals surface area contributed by atoms with E-state index in [0.29, 0.717) is 38.8 Å². The van der Waals surface area contributed by atoms with Gasteiger partial charge in [0.1, 0.15) is 5.75 Å². The molecule has 0 unspecified atom stereocenters. The van der Waals surface area contributed by atoms with E-state index in [0.717, 1.165) is 11.3 Å². The number of benzene rings is 1. The average Bonchev–Trinajstić information content (AvgIpc) is 2.84. The van der Waals surface area contributed by atoms with Crippen molar-refractivity contribution < 1.29 is 19.1 Å². The normalized spacial score (nSPS) is 18.3. The molecule has 3 amide bonds. The number of likely N-dealkylation sites (tertiary alicyclic amines) is 2. The van der Waals surface area contributed by atoms with Gasteiger partial charge in [-0.3, -0.25) is 19.3 Å². The second-order valence-electron chi connectivity index (χ2n) is 5.96. The van der Waals surface area contributed by atoms with Crippen LogP contribution in [0, 0.1) is 0 Å². The molecule has 2 aliphatic heterocycles. The van der Waals surface area contributed by atoms with Crippen LogP contribution in [-0.4, -0.2) is 53.8 Å². The van der Waals surface area contributed by atoms with Crippen molar-refractivity contribution in [1.29, 1.82) is 0 Å². The number of aryl methyl sites for hydroxylation is 1. The lowest BCUT2D eigenvalue weighted by molar-refractivity contribution is -0.151. The molecule has 23 heavy (non-hydrogen) atoms. The number of amides is 3. The van der Waals surface area contributed by atoms with Gasteiger partial charge in [-0.1, -0.05) is 12.1 Å². The molecule has 1 aromatic carbocycles. The first-order valence-corrected chi connectivity index (χ1v) is 7.84. The Balaban J connectivity index is 1.45. The number of hydrogen-bond donors (Lipinski definition) is 0.